The lowest BCUT2D eigenvalue weighted by Gasteiger charge is -2.26. The van der Waals surface area contributed by atoms with Crippen molar-refractivity contribution >= 4 is 32.2 Å². The molecule has 1 aromatic heterocycles. The molecule has 0 bridgehead atoms. The molecule has 0 spiro atoms. The fourth-order valence-corrected chi connectivity index (χ4v) is 3.91. The van der Waals surface area contributed by atoms with Crippen LogP contribution in [0.25, 0.3) is 10.9 Å². The summed E-state index contributed by atoms with van der Waals surface area (Å²) in [7, 11) is -1.59. The Morgan fingerprint density at radius 1 is 1.17 bits per heavy atom. The zero-order valence-electron chi connectivity index (χ0n) is 17.6. The molecule has 0 saturated heterocycles. The number of aliphatic hydroxyl groups is 1. The molecule has 0 unspecified atom stereocenters. The van der Waals surface area contributed by atoms with Crippen molar-refractivity contribution in [2.75, 3.05) is 19.0 Å². The molecule has 0 amide bonds. The zero-order valence-corrected chi connectivity index (χ0v) is 18.4. The predicted octanol–water partition coefficient (Wildman–Crippen LogP) is 4.30. The Hall–Kier alpha value is -2.68. The lowest BCUT2D eigenvalue weighted by atomic mass is 9.89. The molecule has 4 N–H and O–H groups in total. The Balaban J connectivity index is 1.75. The number of aromatic nitrogens is 1. The van der Waals surface area contributed by atoms with Crippen molar-refractivity contribution < 1.29 is 14.1 Å². The molecule has 8 heteroatoms. The predicted molar refractivity (Wildman–Crippen MR) is 121 cm³/mol. The van der Waals surface area contributed by atoms with E-state index < -0.39 is 16.0 Å². The van der Waals surface area contributed by atoms with E-state index in [1.807, 2.05) is 45.0 Å². The quantitative estimate of drug-likeness (QED) is 0.449. The highest BCUT2D eigenvalue weighted by atomic mass is 32.2. The first kappa shape index (κ1) is 22.0. The van der Waals surface area contributed by atoms with Gasteiger partial charge in [-0.1, -0.05) is 20.8 Å². The second-order valence-corrected chi connectivity index (χ2v) is 10.0. The molecule has 0 aliphatic rings. The van der Waals surface area contributed by atoms with Gasteiger partial charge in [-0.15, -0.1) is 0 Å². The molecule has 0 aliphatic carbocycles. The number of nitrogens with zero attached hydrogens (tertiary/aromatic N) is 1. The van der Waals surface area contributed by atoms with Gasteiger partial charge in [0.25, 0.3) is 0 Å². The van der Waals surface area contributed by atoms with Crippen LogP contribution < -0.4 is 14.8 Å². The standard InChI is InChI=1S/C22H28N4O3S/c1-22(2,3)21(27)14-25-30(23,28)17-8-5-15(6-9-17)26-19-11-12-24-20-13-16(29-4)7-10-18(19)20/h5-13,21,27H,14H2,1-4H3,(H,24,26)(H2,23,25,28)/t21-,30+/m0/s1. The summed E-state index contributed by atoms with van der Waals surface area (Å²) in [5.41, 5.74) is 2.14. The van der Waals surface area contributed by atoms with Crippen LogP contribution in [0, 0.1) is 10.2 Å². The largest absolute Gasteiger partial charge is 0.497 e. The average molecular weight is 429 g/mol. The van der Waals surface area contributed by atoms with Gasteiger partial charge in [-0.2, -0.15) is 0 Å². The van der Waals surface area contributed by atoms with Crippen LogP contribution >= 0.6 is 0 Å². The van der Waals surface area contributed by atoms with Crippen molar-refractivity contribution in [2.45, 2.75) is 31.8 Å². The van der Waals surface area contributed by atoms with Crippen LogP contribution in [0.1, 0.15) is 20.8 Å². The maximum atomic E-state index is 12.7. The minimum absolute atomic E-state index is 0.0816. The van der Waals surface area contributed by atoms with Gasteiger partial charge in [0.2, 0.25) is 0 Å². The van der Waals surface area contributed by atoms with E-state index in [0.717, 1.165) is 28.0 Å². The number of benzene rings is 2. The Morgan fingerprint density at radius 3 is 2.50 bits per heavy atom. The third kappa shape index (κ3) is 5.08. The smallest absolute Gasteiger partial charge is 0.134 e. The highest BCUT2D eigenvalue weighted by molar-refractivity contribution is 7.90. The molecule has 160 valence electrons. The maximum Gasteiger partial charge on any atom is 0.134 e. The molecule has 2 atom stereocenters. The fourth-order valence-electron chi connectivity index (χ4n) is 2.84. The molecule has 0 radical (unpaired) electrons. The van der Waals surface area contributed by atoms with Crippen molar-refractivity contribution in [3.63, 3.8) is 0 Å². The molecule has 3 rings (SSSR count). The number of anilines is 2. The van der Waals surface area contributed by atoms with Crippen LogP contribution in [0.15, 0.2) is 59.6 Å². The van der Waals surface area contributed by atoms with E-state index >= 15 is 0 Å². The van der Waals surface area contributed by atoms with Crippen LogP contribution in [-0.2, 0) is 9.92 Å². The van der Waals surface area contributed by atoms with Gasteiger partial charge < -0.3 is 15.2 Å². The SMILES string of the molecule is COc1ccc2c(Nc3ccc([S@](=N)(=O)NC[C@H](O)C(C)(C)C)cc3)ccnc2c1. The molecular weight excluding hydrogens is 400 g/mol. The Kier molecular flexibility index (Phi) is 6.30. The Bertz CT molecular complexity index is 1120. The second-order valence-electron chi connectivity index (χ2n) is 8.18. The monoisotopic (exact) mass is 428 g/mol. The van der Waals surface area contributed by atoms with Crippen LogP contribution in [0.2, 0.25) is 0 Å². The first-order chi connectivity index (χ1) is 14.1. The average Bonchev–Trinajstić information content (AvgIpc) is 2.71. The van der Waals surface area contributed by atoms with Gasteiger partial charge in [-0.25, -0.2) is 13.7 Å². The molecule has 2 aromatic carbocycles. The molecule has 3 aromatic rings. The normalized spacial score (nSPS) is 14.8. The van der Waals surface area contributed by atoms with Crippen molar-refractivity contribution in [2.24, 2.45) is 5.41 Å². The highest BCUT2D eigenvalue weighted by Crippen LogP contribution is 2.28. The van der Waals surface area contributed by atoms with Gasteiger partial charge in [-0.05, 0) is 47.9 Å². The number of pyridine rings is 1. The number of aliphatic hydroxyl groups excluding tert-OH is 1. The minimum Gasteiger partial charge on any atom is -0.497 e. The number of nitrogens with one attached hydrogen (secondary N) is 3. The van der Waals surface area contributed by atoms with Gasteiger partial charge in [0.15, 0.2) is 0 Å². The van der Waals surface area contributed by atoms with Crippen LogP contribution in [-0.4, -0.2) is 34.1 Å². The summed E-state index contributed by atoms with van der Waals surface area (Å²) in [6.07, 6.45) is 1.02. The maximum absolute atomic E-state index is 12.7. The third-order valence-corrected chi connectivity index (χ3v) is 6.40. The number of methoxy groups -OCH3 is 1. The highest BCUT2D eigenvalue weighted by Gasteiger charge is 2.23. The summed E-state index contributed by atoms with van der Waals surface area (Å²) in [4.78, 5) is 4.74. The molecular formula is C22H28N4O3S. The van der Waals surface area contributed by atoms with E-state index in [2.05, 4.69) is 15.0 Å². The third-order valence-electron chi connectivity index (χ3n) is 4.89. The fraction of sp³-hybridized carbons (Fsp3) is 0.318. The number of fused-ring (bicyclic) bond motifs is 1. The Labute approximate surface area is 177 Å². The number of rotatable bonds is 7. The molecule has 0 saturated carbocycles. The summed E-state index contributed by atoms with van der Waals surface area (Å²) in [5, 5.41) is 14.4. The van der Waals surface area contributed by atoms with E-state index in [9.17, 15) is 9.32 Å². The van der Waals surface area contributed by atoms with Crippen molar-refractivity contribution in [1.82, 2.24) is 9.71 Å². The van der Waals surface area contributed by atoms with Crippen LogP contribution in [0.3, 0.4) is 0 Å². The summed E-state index contributed by atoms with van der Waals surface area (Å²) in [6, 6.07) is 14.4. The van der Waals surface area contributed by atoms with E-state index in [-0.39, 0.29) is 12.0 Å². The first-order valence-corrected chi connectivity index (χ1v) is 11.2. The lowest BCUT2D eigenvalue weighted by molar-refractivity contribution is 0.0678. The van der Waals surface area contributed by atoms with Crippen LogP contribution in [0.5, 0.6) is 5.75 Å². The molecule has 7 nitrogen and oxygen atoms in total. The van der Waals surface area contributed by atoms with Crippen molar-refractivity contribution in [3.8, 4) is 5.75 Å². The second kappa shape index (κ2) is 8.59. The topological polar surface area (TPSA) is 107 Å². The van der Waals surface area contributed by atoms with Crippen molar-refractivity contribution in [1.29, 1.82) is 4.78 Å². The van der Waals surface area contributed by atoms with Gasteiger partial charge in [0.1, 0.15) is 15.7 Å². The lowest BCUT2D eigenvalue weighted by Crippen LogP contribution is -2.38. The van der Waals surface area contributed by atoms with E-state index in [1.54, 1.807) is 37.6 Å². The van der Waals surface area contributed by atoms with E-state index in [4.69, 9.17) is 9.52 Å². The summed E-state index contributed by atoms with van der Waals surface area (Å²) < 4.78 is 28.8. The minimum atomic E-state index is -3.21. The van der Waals surface area contributed by atoms with Gasteiger partial charge in [0, 0.05) is 35.6 Å². The summed E-state index contributed by atoms with van der Waals surface area (Å²) >= 11 is 0. The van der Waals surface area contributed by atoms with Crippen LogP contribution in [0.4, 0.5) is 11.4 Å². The number of hydrogen-bond donors (Lipinski definition) is 4. The van der Waals surface area contributed by atoms with E-state index in [0.29, 0.717) is 4.90 Å². The molecule has 0 fully saturated rings. The summed E-state index contributed by atoms with van der Waals surface area (Å²) in [6.45, 7) is 5.76. The van der Waals surface area contributed by atoms with Gasteiger partial charge in [0.05, 0.1) is 23.6 Å². The van der Waals surface area contributed by atoms with E-state index in [1.165, 1.54) is 0 Å². The van der Waals surface area contributed by atoms with Gasteiger partial charge >= 0.3 is 0 Å². The number of ether oxygens (including phenoxy) is 1. The Morgan fingerprint density at radius 2 is 1.87 bits per heavy atom. The first-order valence-electron chi connectivity index (χ1n) is 9.61. The molecule has 1 heterocycles. The number of hydrogen-bond acceptors (Lipinski definition) is 6. The zero-order chi connectivity index (χ0) is 21.9. The van der Waals surface area contributed by atoms with Crippen molar-refractivity contribution in [3.05, 3.63) is 54.7 Å². The van der Waals surface area contributed by atoms with Gasteiger partial charge in [-0.3, -0.25) is 4.98 Å². The molecule has 0 aliphatic heterocycles. The summed E-state index contributed by atoms with van der Waals surface area (Å²) in [5.74, 6) is 0.741. The molecule has 30 heavy (non-hydrogen) atoms.